The van der Waals surface area contributed by atoms with Crippen molar-refractivity contribution in [3.05, 3.63) is 12.3 Å². The van der Waals surface area contributed by atoms with E-state index in [1.807, 2.05) is 34.6 Å². The number of Topliss-reactive ketones (excluding diaryl/α,β-unsaturated/α-hetero) is 1. The van der Waals surface area contributed by atoms with E-state index in [9.17, 15) is 36.0 Å². The number of hydrogen-bond donors (Lipinski definition) is 0. The van der Waals surface area contributed by atoms with Gasteiger partial charge >= 0.3 is 27.6 Å². The van der Waals surface area contributed by atoms with E-state index in [2.05, 4.69) is 17.7 Å². The van der Waals surface area contributed by atoms with Gasteiger partial charge in [0.15, 0.2) is 0 Å². The fourth-order valence-corrected chi connectivity index (χ4v) is 4.18. The van der Waals surface area contributed by atoms with Crippen molar-refractivity contribution in [2.45, 2.75) is 120 Å². The molecule has 0 aliphatic carbocycles. The second-order valence-electron chi connectivity index (χ2n) is 13.6. The lowest BCUT2D eigenvalue weighted by Gasteiger charge is -2.20. The van der Waals surface area contributed by atoms with Gasteiger partial charge in [-0.3, -0.25) is 14.4 Å². The van der Waals surface area contributed by atoms with Crippen molar-refractivity contribution >= 4 is 27.8 Å². The van der Waals surface area contributed by atoms with E-state index >= 15 is 0 Å². The fourth-order valence-electron chi connectivity index (χ4n) is 3.64. The van der Waals surface area contributed by atoms with Gasteiger partial charge in [-0.1, -0.05) is 34.3 Å². The van der Waals surface area contributed by atoms with Crippen LogP contribution in [0.15, 0.2) is 12.3 Å². The summed E-state index contributed by atoms with van der Waals surface area (Å²) in [6.45, 7) is 24.0. The van der Waals surface area contributed by atoms with Crippen molar-refractivity contribution in [1.82, 2.24) is 0 Å². The van der Waals surface area contributed by atoms with Crippen LogP contribution in [0.2, 0.25) is 0 Å². The summed E-state index contributed by atoms with van der Waals surface area (Å²) in [5.41, 5.74) is -6.47. The van der Waals surface area contributed by atoms with Gasteiger partial charge in [-0.2, -0.15) is 21.6 Å². The van der Waals surface area contributed by atoms with Gasteiger partial charge in [0, 0.05) is 11.8 Å². The van der Waals surface area contributed by atoms with Gasteiger partial charge in [0.25, 0.3) is 0 Å². The SMILES string of the molecule is C=C(OS(=O)(=O)C(F)(F)F)C(C)C[C@H](C)CCCOC(=O)C(C)(C)C.CC(=O)C(C)C[C@H](C)CCCOC(=O)C(C)(C)C. The maximum absolute atomic E-state index is 12.3. The van der Waals surface area contributed by atoms with Crippen LogP contribution >= 0.6 is 0 Å². The molecule has 4 atom stereocenters. The standard InChI is InChI=1S/C16H27F3O5S.C15H28O3/c1-11(8-7-9-23-14(20)15(4,5)6)10-12(2)13(3)24-25(21,22)16(17,18)19;1-11(10-12(2)13(3)16)8-7-9-18-14(17)15(4,5)6/h11-12H,3,7-10H2,1-2,4-6H3;11-12H,7-10H2,1-6H3/t2*11-,12?/m11/s1. The van der Waals surface area contributed by atoms with Crippen molar-refractivity contribution in [2.75, 3.05) is 13.2 Å². The molecule has 0 rings (SSSR count). The lowest BCUT2D eigenvalue weighted by molar-refractivity contribution is -0.153. The third kappa shape index (κ3) is 19.7. The first-order valence-electron chi connectivity index (χ1n) is 14.8. The van der Waals surface area contributed by atoms with Crippen molar-refractivity contribution in [1.29, 1.82) is 0 Å². The second kappa shape index (κ2) is 18.6. The van der Waals surface area contributed by atoms with Gasteiger partial charge in [0.05, 0.1) is 24.0 Å². The molecule has 0 saturated carbocycles. The molecular formula is C31H55F3O8S. The molecule has 2 unspecified atom stereocenters. The lowest BCUT2D eigenvalue weighted by atomic mass is 9.91. The van der Waals surface area contributed by atoms with Crippen LogP contribution in [-0.2, 0) is 38.2 Å². The van der Waals surface area contributed by atoms with Crippen LogP contribution in [0.1, 0.15) is 115 Å². The largest absolute Gasteiger partial charge is 0.534 e. The molecule has 0 fully saturated rings. The Labute approximate surface area is 257 Å². The predicted octanol–water partition coefficient (Wildman–Crippen LogP) is 8.01. The molecule has 0 aromatic heterocycles. The number of ketones is 1. The van der Waals surface area contributed by atoms with Crippen molar-refractivity contribution in [2.24, 2.45) is 34.5 Å². The van der Waals surface area contributed by atoms with Gasteiger partial charge < -0.3 is 13.7 Å². The first-order valence-corrected chi connectivity index (χ1v) is 16.2. The Balaban J connectivity index is 0. The van der Waals surface area contributed by atoms with E-state index < -0.39 is 38.1 Å². The molecule has 8 nitrogen and oxygen atoms in total. The van der Waals surface area contributed by atoms with Crippen LogP contribution in [0, 0.1) is 34.5 Å². The molecule has 254 valence electrons. The normalized spacial score (nSPS) is 15.2. The third-order valence-electron chi connectivity index (χ3n) is 6.63. The lowest BCUT2D eigenvalue weighted by Crippen LogP contribution is -2.26. The molecule has 0 amide bonds. The molecule has 43 heavy (non-hydrogen) atoms. The third-order valence-corrected chi connectivity index (χ3v) is 7.63. The van der Waals surface area contributed by atoms with Crippen molar-refractivity contribution in [3.63, 3.8) is 0 Å². The topological polar surface area (TPSA) is 113 Å². The summed E-state index contributed by atoms with van der Waals surface area (Å²) in [5.74, 6) is -0.500. The average Bonchev–Trinajstić information content (AvgIpc) is 2.82. The minimum absolute atomic E-state index is 0.0669. The zero-order chi connectivity index (χ0) is 34.4. The van der Waals surface area contributed by atoms with Gasteiger partial charge in [-0.25, -0.2) is 0 Å². The maximum atomic E-state index is 12.3. The Morgan fingerprint density at radius 1 is 0.721 bits per heavy atom. The van der Waals surface area contributed by atoms with E-state index in [0.717, 1.165) is 19.3 Å². The predicted molar refractivity (Wildman–Crippen MR) is 161 cm³/mol. The molecule has 12 heteroatoms. The number of halogens is 3. The number of allylic oxidation sites excluding steroid dienone is 1. The first-order chi connectivity index (χ1) is 19.2. The molecule has 0 N–H and O–H groups in total. The number of rotatable bonds is 16. The van der Waals surface area contributed by atoms with E-state index in [4.69, 9.17) is 9.47 Å². The van der Waals surface area contributed by atoms with Crippen molar-refractivity contribution < 1.29 is 49.6 Å². The maximum Gasteiger partial charge on any atom is 0.534 e. The van der Waals surface area contributed by atoms with E-state index in [1.54, 1.807) is 34.6 Å². The highest BCUT2D eigenvalue weighted by molar-refractivity contribution is 7.87. The van der Waals surface area contributed by atoms with Crippen LogP contribution in [-0.4, -0.2) is 44.9 Å². The first kappa shape index (κ1) is 43.0. The van der Waals surface area contributed by atoms with Crippen LogP contribution in [0.5, 0.6) is 0 Å². The smallest absolute Gasteiger partial charge is 0.465 e. The van der Waals surface area contributed by atoms with Gasteiger partial charge in [0.2, 0.25) is 0 Å². The Morgan fingerprint density at radius 3 is 1.37 bits per heavy atom. The molecule has 0 aliphatic rings. The van der Waals surface area contributed by atoms with E-state index in [0.29, 0.717) is 31.8 Å². The molecule has 0 spiro atoms. The zero-order valence-corrected chi connectivity index (χ0v) is 28.8. The highest BCUT2D eigenvalue weighted by Gasteiger charge is 2.49. The van der Waals surface area contributed by atoms with Gasteiger partial charge in [0.1, 0.15) is 11.5 Å². The molecule has 0 radical (unpaired) electrons. The van der Waals surface area contributed by atoms with Gasteiger partial charge in [-0.05, 0) is 98.8 Å². The number of carbonyl (C=O) groups excluding carboxylic acids is 3. The van der Waals surface area contributed by atoms with Gasteiger partial charge in [-0.15, -0.1) is 0 Å². The number of alkyl halides is 3. The summed E-state index contributed by atoms with van der Waals surface area (Å²) in [7, 11) is -5.68. The zero-order valence-electron chi connectivity index (χ0n) is 28.0. The monoisotopic (exact) mass is 644 g/mol. The average molecular weight is 645 g/mol. The summed E-state index contributed by atoms with van der Waals surface area (Å²) >= 11 is 0. The summed E-state index contributed by atoms with van der Waals surface area (Å²) in [5, 5.41) is 0. The Bertz CT molecular complexity index is 992. The minimum atomic E-state index is -5.68. The Hall–Kier alpha value is -2.11. The number of carbonyl (C=O) groups is 3. The highest BCUT2D eigenvalue weighted by Crippen LogP contribution is 2.30. The van der Waals surface area contributed by atoms with E-state index in [1.165, 1.54) is 0 Å². The second-order valence-corrected chi connectivity index (χ2v) is 15.1. The molecule has 0 aromatic rings. The van der Waals surface area contributed by atoms with Crippen LogP contribution in [0.3, 0.4) is 0 Å². The van der Waals surface area contributed by atoms with Crippen LogP contribution in [0.4, 0.5) is 13.2 Å². The highest BCUT2D eigenvalue weighted by atomic mass is 32.2. The molecule has 0 saturated heterocycles. The van der Waals surface area contributed by atoms with Crippen LogP contribution in [0.25, 0.3) is 0 Å². The quantitative estimate of drug-likeness (QED) is 0.0546. The Morgan fingerprint density at radius 2 is 1.07 bits per heavy atom. The summed E-state index contributed by atoms with van der Waals surface area (Å²) in [6, 6.07) is 0. The summed E-state index contributed by atoms with van der Waals surface area (Å²) in [4.78, 5) is 34.2. The van der Waals surface area contributed by atoms with Crippen LogP contribution < -0.4 is 0 Å². The fraction of sp³-hybridized carbons (Fsp3) is 0.839. The molecule has 0 bridgehead atoms. The summed E-state index contributed by atoms with van der Waals surface area (Å²) < 4.78 is 73.1. The Kier molecular flexibility index (Phi) is 18.6. The molecule has 0 heterocycles. The number of ether oxygens (including phenoxy) is 2. The number of hydrogen-bond acceptors (Lipinski definition) is 8. The molecule has 0 aromatic carbocycles. The van der Waals surface area contributed by atoms with E-state index in [-0.39, 0.29) is 36.2 Å². The molecule has 0 aliphatic heterocycles. The molecular weight excluding hydrogens is 589 g/mol. The number of esters is 2. The summed E-state index contributed by atoms with van der Waals surface area (Å²) in [6.07, 6.45) is 4.45. The van der Waals surface area contributed by atoms with Crippen molar-refractivity contribution in [3.8, 4) is 0 Å². The minimum Gasteiger partial charge on any atom is -0.465 e.